The van der Waals surface area contributed by atoms with Gasteiger partial charge in [-0.2, -0.15) is 0 Å². The summed E-state index contributed by atoms with van der Waals surface area (Å²) in [6.07, 6.45) is 1.67. The van der Waals surface area contributed by atoms with E-state index in [9.17, 15) is 8.42 Å². The molecule has 94 valence electrons. The van der Waals surface area contributed by atoms with Crippen molar-refractivity contribution < 1.29 is 13.2 Å². The first-order chi connectivity index (χ1) is 8.01. The molecule has 4 nitrogen and oxygen atoms in total. The highest BCUT2D eigenvalue weighted by Gasteiger charge is 2.32. The lowest BCUT2D eigenvalue weighted by molar-refractivity contribution is 0.0236. The van der Waals surface area contributed by atoms with Crippen LogP contribution in [0, 0.1) is 0 Å². The van der Waals surface area contributed by atoms with Crippen LogP contribution in [-0.4, -0.2) is 27.7 Å². The van der Waals surface area contributed by atoms with Gasteiger partial charge in [-0.15, -0.1) is 0 Å². The fraction of sp³-hybridized carbons (Fsp3) is 0.455. The van der Waals surface area contributed by atoms with Crippen LogP contribution in [0.25, 0.3) is 0 Å². The fourth-order valence-corrected chi connectivity index (χ4v) is 3.28. The predicted octanol–water partition coefficient (Wildman–Crippen LogP) is 1.90. The topological polar surface area (TPSA) is 55.4 Å². The third-order valence-electron chi connectivity index (χ3n) is 2.87. The van der Waals surface area contributed by atoms with Crippen molar-refractivity contribution >= 4 is 26.0 Å². The Morgan fingerprint density at radius 3 is 2.41 bits per heavy atom. The second-order valence-corrected chi connectivity index (χ2v) is 6.73. The minimum atomic E-state index is -3.40. The van der Waals surface area contributed by atoms with Gasteiger partial charge in [-0.1, -0.05) is 15.9 Å². The van der Waals surface area contributed by atoms with Gasteiger partial charge in [0.15, 0.2) is 0 Å². The molecule has 1 aromatic carbocycles. The van der Waals surface area contributed by atoms with Crippen LogP contribution in [0.1, 0.15) is 12.8 Å². The van der Waals surface area contributed by atoms with Crippen LogP contribution in [0.5, 0.6) is 0 Å². The Hall–Kier alpha value is -0.430. The summed E-state index contributed by atoms with van der Waals surface area (Å²) in [6.45, 7) is 0. The molecule has 0 aliphatic heterocycles. The van der Waals surface area contributed by atoms with Gasteiger partial charge in [0.05, 0.1) is 11.0 Å². The lowest BCUT2D eigenvalue weighted by Gasteiger charge is -2.34. The maximum atomic E-state index is 12.0. The first kappa shape index (κ1) is 13.0. The van der Waals surface area contributed by atoms with E-state index in [0.29, 0.717) is 4.90 Å². The lowest BCUT2D eigenvalue weighted by Crippen LogP contribution is -2.47. The van der Waals surface area contributed by atoms with Gasteiger partial charge in [-0.05, 0) is 37.1 Å². The minimum absolute atomic E-state index is 0.00593. The number of benzene rings is 1. The highest BCUT2D eigenvalue weighted by Crippen LogP contribution is 2.24. The maximum Gasteiger partial charge on any atom is 0.240 e. The average Bonchev–Trinajstić information content (AvgIpc) is 2.23. The molecule has 1 aromatic rings. The van der Waals surface area contributed by atoms with Crippen molar-refractivity contribution in [2.75, 3.05) is 7.11 Å². The number of hydrogen-bond acceptors (Lipinski definition) is 3. The molecule has 1 fully saturated rings. The molecule has 2 rings (SSSR count). The Labute approximate surface area is 110 Å². The summed E-state index contributed by atoms with van der Waals surface area (Å²) in [6, 6.07) is 6.59. The summed E-state index contributed by atoms with van der Waals surface area (Å²) in [7, 11) is -1.75. The number of rotatable bonds is 4. The van der Waals surface area contributed by atoms with Crippen molar-refractivity contribution in [3.8, 4) is 0 Å². The Bertz CT molecular complexity index is 480. The summed E-state index contributed by atoms with van der Waals surface area (Å²) in [4.78, 5) is 0.293. The van der Waals surface area contributed by atoms with Crippen LogP contribution in [0.2, 0.25) is 0 Å². The first-order valence-electron chi connectivity index (χ1n) is 5.32. The van der Waals surface area contributed by atoms with Gasteiger partial charge in [0.2, 0.25) is 10.0 Å². The number of nitrogens with one attached hydrogen (secondary N) is 1. The van der Waals surface area contributed by atoms with Gasteiger partial charge in [-0.3, -0.25) is 0 Å². The molecule has 1 aliphatic carbocycles. The second kappa shape index (κ2) is 5.06. The quantitative estimate of drug-likeness (QED) is 0.922. The van der Waals surface area contributed by atoms with E-state index in [2.05, 4.69) is 20.7 Å². The molecule has 17 heavy (non-hydrogen) atoms. The monoisotopic (exact) mass is 319 g/mol. The molecule has 1 saturated carbocycles. The van der Waals surface area contributed by atoms with Crippen molar-refractivity contribution in [1.29, 1.82) is 0 Å². The minimum Gasteiger partial charge on any atom is -0.381 e. The van der Waals surface area contributed by atoms with Crippen molar-refractivity contribution in [2.45, 2.75) is 29.9 Å². The Balaban J connectivity index is 2.02. The molecule has 0 saturated heterocycles. The summed E-state index contributed by atoms with van der Waals surface area (Å²) >= 11 is 3.27. The van der Waals surface area contributed by atoms with E-state index in [-0.39, 0.29) is 12.1 Å². The van der Waals surface area contributed by atoms with Crippen LogP contribution in [0.15, 0.2) is 33.6 Å². The molecule has 0 spiro atoms. The molecule has 0 radical (unpaired) electrons. The van der Waals surface area contributed by atoms with E-state index in [1.807, 2.05) is 0 Å². The number of ether oxygens (including phenoxy) is 1. The van der Waals surface area contributed by atoms with E-state index >= 15 is 0 Å². The fourth-order valence-electron chi connectivity index (χ4n) is 1.76. The molecule has 0 bridgehead atoms. The number of hydrogen-bond donors (Lipinski definition) is 1. The van der Waals surface area contributed by atoms with Crippen molar-refractivity contribution in [2.24, 2.45) is 0 Å². The third-order valence-corrected chi connectivity index (χ3v) is 4.94. The highest BCUT2D eigenvalue weighted by molar-refractivity contribution is 9.10. The lowest BCUT2D eigenvalue weighted by atomic mass is 9.90. The molecule has 0 aromatic heterocycles. The smallest absolute Gasteiger partial charge is 0.240 e. The van der Waals surface area contributed by atoms with Crippen LogP contribution >= 0.6 is 15.9 Å². The molecule has 0 atom stereocenters. The number of sulfonamides is 1. The summed E-state index contributed by atoms with van der Waals surface area (Å²) < 4.78 is 32.6. The van der Waals surface area contributed by atoms with E-state index < -0.39 is 10.0 Å². The average molecular weight is 320 g/mol. The van der Waals surface area contributed by atoms with E-state index in [1.54, 1.807) is 31.4 Å². The standard InChI is InChI=1S/C11H14BrNO3S/c1-16-10-6-9(7-10)13-17(14,15)11-4-2-8(12)3-5-11/h2-5,9-10,13H,6-7H2,1H3. The summed E-state index contributed by atoms with van der Waals surface area (Å²) in [5, 5.41) is 0. The Morgan fingerprint density at radius 2 is 1.88 bits per heavy atom. The highest BCUT2D eigenvalue weighted by atomic mass is 79.9. The number of halogens is 1. The second-order valence-electron chi connectivity index (χ2n) is 4.10. The molecule has 0 amide bonds. The largest absolute Gasteiger partial charge is 0.381 e. The Kier molecular flexibility index (Phi) is 3.87. The van der Waals surface area contributed by atoms with Gasteiger partial charge in [0.25, 0.3) is 0 Å². The van der Waals surface area contributed by atoms with Crippen molar-refractivity contribution in [1.82, 2.24) is 4.72 Å². The predicted molar refractivity (Wildman–Crippen MR) is 68.3 cm³/mol. The maximum absolute atomic E-state index is 12.0. The zero-order chi connectivity index (χ0) is 12.5. The van der Waals surface area contributed by atoms with Crippen LogP contribution in [-0.2, 0) is 14.8 Å². The normalized spacial score (nSPS) is 24.4. The molecule has 0 heterocycles. The zero-order valence-corrected chi connectivity index (χ0v) is 11.8. The number of methoxy groups -OCH3 is 1. The van der Waals surface area contributed by atoms with Crippen LogP contribution in [0.4, 0.5) is 0 Å². The molecule has 1 N–H and O–H groups in total. The molecular weight excluding hydrogens is 306 g/mol. The molecule has 6 heteroatoms. The van der Waals surface area contributed by atoms with Gasteiger partial charge < -0.3 is 4.74 Å². The third kappa shape index (κ3) is 3.07. The SMILES string of the molecule is COC1CC(NS(=O)(=O)c2ccc(Br)cc2)C1. The van der Waals surface area contributed by atoms with Crippen molar-refractivity contribution in [3.63, 3.8) is 0 Å². The molecule has 1 aliphatic rings. The van der Waals surface area contributed by atoms with E-state index in [0.717, 1.165) is 17.3 Å². The summed E-state index contributed by atoms with van der Waals surface area (Å²) in [5.41, 5.74) is 0. The van der Waals surface area contributed by atoms with Crippen molar-refractivity contribution in [3.05, 3.63) is 28.7 Å². The molecular formula is C11H14BrNO3S. The van der Waals surface area contributed by atoms with E-state index in [1.165, 1.54) is 0 Å². The van der Waals surface area contributed by atoms with E-state index in [4.69, 9.17) is 4.74 Å². The Morgan fingerprint density at radius 1 is 1.29 bits per heavy atom. The molecule has 0 unspecified atom stereocenters. The van der Waals surface area contributed by atoms with Gasteiger partial charge >= 0.3 is 0 Å². The van der Waals surface area contributed by atoms with Crippen LogP contribution < -0.4 is 4.72 Å². The van der Waals surface area contributed by atoms with Gasteiger partial charge in [0, 0.05) is 17.6 Å². The summed E-state index contributed by atoms with van der Waals surface area (Å²) in [5.74, 6) is 0. The van der Waals surface area contributed by atoms with Gasteiger partial charge in [-0.25, -0.2) is 13.1 Å². The first-order valence-corrected chi connectivity index (χ1v) is 7.59. The zero-order valence-electron chi connectivity index (χ0n) is 9.39. The van der Waals surface area contributed by atoms with Crippen LogP contribution in [0.3, 0.4) is 0 Å². The van der Waals surface area contributed by atoms with Gasteiger partial charge in [0.1, 0.15) is 0 Å².